The van der Waals surface area contributed by atoms with Crippen LogP contribution in [0.5, 0.6) is 5.75 Å². The Morgan fingerprint density at radius 2 is 1.86 bits per heavy atom. The van der Waals surface area contributed by atoms with Gasteiger partial charge in [-0.15, -0.1) is 0 Å². The van der Waals surface area contributed by atoms with E-state index in [4.69, 9.17) is 9.47 Å². The monoisotopic (exact) mass is 508 g/mol. The summed E-state index contributed by atoms with van der Waals surface area (Å²) in [6, 6.07) is 14.8. The van der Waals surface area contributed by atoms with Crippen LogP contribution in [-0.2, 0) is 34.8 Å². The summed E-state index contributed by atoms with van der Waals surface area (Å²) in [5.74, 6) is -1.77. The number of carbonyl (C=O) groups is 2. The first-order valence-corrected chi connectivity index (χ1v) is 11.8. The number of carbonyl (C=O) groups excluding carboxylic acids is 2. The van der Waals surface area contributed by atoms with Gasteiger partial charge in [0.25, 0.3) is 11.5 Å². The molecule has 1 spiro atoms. The third kappa shape index (κ3) is 4.90. The van der Waals surface area contributed by atoms with Crippen LogP contribution in [0.3, 0.4) is 0 Å². The standard InChI is InChI=1S/C26H25FN4O6/c27-19-8-6-17(7-9-19)14-28-22(33)20-21(32)23(34)31-12-13-37-26(24(31)29-20)10-11-30(16-26)25(35)36-15-18-4-2-1-3-5-18/h1-9,32H,10-16H2,(H,28,33). The number of rotatable bonds is 5. The molecule has 2 amide bonds. The fourth-order valence-electron chi connectivity index (χ4n) is 4.57. The number of amides is 2. The zero-order valence-electron chi connectivity index (χ0n) is 19.9. The Balaban J connectivity index is 1.35. The van der Waals surface area contributed by atoms with Crippen molar-refractivity contribution in [3.05, 3.63) is 93.4 Å². The van der Waals surface area contributed by atoms with Crippen LogP contribution in [0.2, 0.25) is 0 Å². The summed E-state index contributed by atoms with van der Waals surface area (Å²) in [7, 11) is 0. The Labute approximate surface area is 211 Å². The number of aromatic nitrogens is 2. The topological polar surface area (TPSA) is 123 Å². The van der Waals surface area contributed by atoms with E-state index in [1.165, 1.54) is 33.7 Å². The molecule has 1 unspecified atom stereocenters. The van der Waals surface area contributed by atoms with Crippen molar-refractivity contribution < 1.29 is 28.6 Å². The SMILES string of the molecule is O=C(NCc1ccc(F)cc1)c1nc2n(c(=O)c1O)CCOC21CCN(C(=O)OCc2ccccc2)C1. The van der Waals surface area contributed by atoms with Gasteiger partial charge in [0.05, 0.1) is 19.7 Å². The van der Waals surface area contributed by atoms with Crippen LogP contribution < -0.4 is 10.9 Å². The van der Waals surface area contributed by atoms with Crippen LogP contribution in [0.4, 0.5) is 9.18 Å². The van der Waals surface area contributed by atoms with Gasteiger partial charge in [0.15, 0.2) is 5.69 Å². The van der Waals surface area contributed by atoms with Crippen LogP contribution in [-0.4, -0.2) is 51.3 Å². The van der Waals surface area contributed by atoms with E-state index in [1.807, 2.05) is 30.3 Å². The first kappa shape index (κ1) is 24.4. The van der Waals surface area contributed by atoms with Crippen molar-refractivity contribution in [2.45, 2.75) is 31.7 Å². The molecule has 1 atom stereocenters. The summed E-state index contributed by atoms with van der Waals surface area (Å²) in [5.41, 5.74) is -0.839. The lowest BCUT2D eigenvalue weighted by Gasteiger charge is -2.35. The van der Waals surface area contributed by atoms with E-state index in [9.17, 15) is 23.9 Å². The molecule has 0 saturated carbocycles. The quantitative estimate of drug-likeness (QED) is 0.542. The van der Waals surface area contributed by atoms with Gasteiger partial charge >= 0.3 is 6.09 Å². The van der Waals surface area contributed by atoms with Gasteiger partial charge in [-0.3, -0.25) is 14.2 Å². The van der Waals surface area contributed by atoms with Crippen molar-refractivity contribution in [2.24, 2.45) is 0 Å². The number of nitrogens with zero attached hydrogens (tertiary/aromatic N) is 3. The van der Waals surface area contributed by atoms with Crippen LogP contribution in [0.1, 0.15) is 33.9 Å². The average Bonchev–Trinajstić information content (AvgIpc) is 3.34. The molecule has 5 rings (SSSR count). The van der Waals surface area contributed by atoms with Crippen molar-refractivity contribution in [1.82, 2.24) is 19.8 Å². The fraction of sp³-hybridized carbons (Fsp3) is 0.308. The summed E-state index contributed by atoms with van der Waals surface area (Å²) in [4.78, 5) is 44.4. The van der Waals surface area contributed by atoms with Crippen LogP contribution >= 0.6 is 0 Å². The number of hydrogen-bond donors (Lipinski definition) is 2. The molecule has 0 aliphatic carbocycles. The summed E-state index contributed by atoms with van der Waals surface area (Å²) in [6.07, 6.45) is -0.193. The van der Waals surface area contributed by atoms with Crippen molar-refractivity contribution >= 4 is 12.0 Å². The number of nitrogens with one attached hydrogen (secondary N) is 1. The molecule has 192 valence electrons. The first-order chi connectivity index (χ1) is 17.9. The molecule has 3 aromatic rings. The van der Waals surface area contributed by atoms with Crippen molar-refractivity contribution in [2.75, 3.05) is 19.7 Å². The minimum Gasteiger partial charge on any atom is -0.501 e. The predicted molar refractivity (Wildman–Crippen MR) is 128 cm³/mol. The maximum atomic E-state index is 13.1. The number of hydrogen-bond acceptors (Lipinski definition) is 7. The summed E-state index contributed by atoms with van der Waals surface area (Å²) >= 11 is 0. The van der Waals surface area contributed by atoms with Crippen LogP contribution in [0, 0.1) is 5.82 Å². The molecule has 37 heavy (non-hydrogen) atoms. The molecule has 1 fully saturated rings. The highest BCUT2D eigenvalue weighted by Gasteiger charge is 2.48. The number of benzene rings is 2. The second-order valence-corrected chi connectivity index (χ2v) is 8.95. The lowest BCUT2D eigenvalue weighted by Crippen LogP contribution is -2.47. The van der Waals surface area contributed by atoms with E-state index in [1.54, 1.807) is 0 Å². The molecule has 10 nitrogen and oxygen atoms in total. The molecule has 2 aromatic carbocycles. The van der Waals surface area contributed by atoms with Gasteiger partial charge in [-0.25, -0.2) is 14.2 Å². The number of ether oxygens (including phenoxy) is 2. The van der Waals surface area contributed by atoms with E-state index in [0.29, 0.717) is 18.5 Å². The van der Waals surface area contributed by atoms with E-state index in [2.05, 4.69) is 10.3 Å². The Bertz CT molecular complexity index is 1380. The molecule has 0 bridgehead atoms. The molecule has 1 aromatic heterocycles. The van der Waals surface area contributed by atoms with Crippen molar-refractivity contribution in [1.29, 1.82) is 0 Å². The average molecular weight is 509 g/mol. The van der Waals surface area contributed by atoms with Crippen LogP contribution in [0.15, 0.2) is 59.4 Å². The second kappa shape index (κ2) is 10.0. The zero-order chi connectivity index (χ0) is 26.0. The molecule has 2 aliphatic rings. The molecule has 0 radical (unpaired) electrons. The van der Waals surface area contributed by atoms with Gasteiger partial charge in [-0.05, 0) is 23.3 Å². The number of aromatic hydroxyl groups is 1. The fourth-order valence-corrected chi connectivity index (χ4v) is 4.57. The van der Waals surface area contributed by atoms with E-state index in [0.717, 1.165) is 5.56 Å². The molecule has 1 saturated heterocycles. The van der Waals surface area contributed by atoms with Gasteiger partial charge in [0.1, 0.15) is 23.8 Å². The number of fused-ring (bicyclic) bond motifs is 2. The van der Waals surface area contributed by atoms with Crippen LogP contribution in [0.25, 0.3) is 0 Å². The highest BCUT2D eigenvalue weighted by atomic mass is 19.1. The second-order valence-electron chi connectivity index (χ2n) is 8.95. The van der Waals surface area contributed by atoms with Gasteiger partial charge in [0.2, 0.25) is 5.75 Å². The molecule has 3 heterocycles. The third-order valence-electron chi connectivity index (χ3n) is 6.52. The lowest BCUT2D eigenvalue weighted by molar-refractivity contribution is -0.0748. The van der Waals surface area contributed by atoms with Crippen molar-refractivity contribution in [3.63, 3.8) is 0 Å². The smallest absolute Gasteiger partial charge is 0.410 e. The molecular formula is C26H25FN4O6. The minimum atomic E-state index is -1.12. The van der Waals surface area contributed by atoms with Gasteiger partial charge in [0, 0.05) is 19.5 Å². The number of likely N-dealkylation sites (tertiary alicyclic amines) is 1. The Morgan fingerprint density at radius 3 is 2.62 bits per heavy atom. The molecule has 11 heteroatoms. The Morgan fingerprint density at radius 1 is 1.11 bits per heavy atom. The normalized spacial score (nSPS) is 18.5. The largest absolute Gasteiger partial charge is 0.501 e. The Kier molecular flexibility index (Phi) is 6.62. The highest BCUT2D eigenvalue weighted by Crippen LogP contribution is 2.37. The van der Waals surface area contributed by atoms with Gasteiger partial charge < -0.3 is 24.8 Å². The molecule has 2 N–H and O–H groups in total. The third-order valence-corrected chi connectivity index (χ3v) is 6.52. The summed E-state index contributed by atoms with van der Waals surface area (Å²) in [6.45, 7) is 0.861. The van der Waals surface area contributed by atoms with Crippen molar-refractivity contribution in [3.8, 4) is 5.75 Å². The van der Waals surface area contributed by atoms with Gasteiger partial charge in [-0.2, -0.15) is 0 Å². The maximum absolute atomic E-state index is 13.1. The molecular weight excluding hydrogens is 483 g/mol. The highest BCUT2D eigenvalue weighted by molar-refractivity contribution is 5.94. The van der Waals surface area contributed by atoms with E-state index in [-0.39, 0.29) is 38.7 Å². The lowest BCUT2D eigenvalue weighted by atomic mass is 9.99. The minimum absolute atomic E-state index is 0.0430. The Hall–Kier alpha value is -4.25. The summed E-state index contributed by atoms with van der Waals surface area (Å²) < 4.78 is 25.9. The maximum Gasteiger partial charge on any atom is 0.410 e. The first-order valence-electron chi connectivity index (χ1n) is 11.8. The summed E-state index contributed by atoms with van der Waals surface area (Å²) in [5, 5.41) is 13.1. The predicted octanol–water partition coefficient (Wildman–Crippen LogP) is 2.29. The number of halogens is 1. The molecule has 2 aliphatic heterocycles. The van der Waals surface area contributed by atoms with Gasteiger partial charge in [-0.1, -0.05) is 42.5 Å². The van der Waals surface area contributed by atoms with E-state index >= 15 is 0 Å². The van der Waals surface area contributed by atoms with E-state index < -0.39 is 40.4 Å². The zero-order valence-corrected chi connectivity index (χ0v) is 19.9.